The highest BCUT2D eigenvalue weighted by Gasteiger charge is 2.45. The van der Waals surface area contributed by atoms with Gasteiger partial charge in [0.2, 0.25) is 10.0 Å². The molecule has 2 bridgehead atoms. The lowest BCUT2D eigenvalue weighted by Crippen LogP contribution is -2.47. The quantitative estimate of drug-likeness (QED) is 0.368. The molecule has 2 aromatic rings. The van der Waals surface area contributed by atoms with Gasteiger partial charge in [-0.25, -0.2) is 13.1 Å². The van der Waals surface area contributed by atoms with Crippen LogP contribution in [-0.4, -0.2) is 44.4 Å². The van der Waals surface area contributed by atoms with E-state index in [0.717, 1.165) is 62.9 Å². The summed E-state index contributed by atoms with van der Waals surface area (Å²) in [6.07, 6.45) is 10.5. The van der Waals surface area contributed by atoms with Crippen LogP contribution < -0.4 is 14.4 Å². The van der Waals surface area contributed by atoms with Gasteiger partial charge in [-0.05, 0) is 111 Å². The fraction of sp³-hybridized carbons (Fsp3) is 0.559. The van der Waals surface area contributed by atoms with E-state index in [1.165, 1.54) is 5.56 Å². The van der Waals surface area contributed by atoms with Crippen LogP contribution in [0, 0.1) is 23.2 Å². The zero-order valence-electron chi connectivity index (χ0n) is 25.5. The van der Waals surface area contributed by atoms with E-state index in [2.05, 4.69) is 22.6 Å². The van der Waals surface area contributed by atoms with E-state index in [1.54, 1.807) is 25.1 Å². The summed E-state index contributed by atoms with van der Waals surface area (Å²) in [5, 5.41) is 10.7. The maximum absolute atomic E-state index is 13.4. The molecule has 1 saturated carbocycles. The summed E-state index contributed by atoms with van der Waals surface area (Å²) in [4.78, 5) is 15.7. The van der Waals surface area contributed by atoms with Gasteiger partial charge in [-0.2, -0.15) is 0 Å². The number of amides is 1. The molecule has 2 aliphatic heterocycles. The minimum absolute atomic E-state index is 0.0596. The predicted octanol–water partition coefficient (Wildman–Crippen LogP) is 6.52. The highest BCUT2D eigenvalue weighted by Crippen LogP contribution is 2.50. The van der Waals surface area contributed by atoms with Crippen LogP contribution in [0.2, 0.25) is 5.02 Å². The van der Waals surface area contributed by atoms with Crippen molar-refractivity contribution in [1.29, 1.82) is 0 Å². The number of anilines is 1. The van der Waals surface area contributed by atoms with E-state index < -0.39 is 21.2 Å². The van der Waals surface area contributed by atoms with Gasteiger partial charge in [0.15, 0.2) is 0 Å². The maximum Gasteiger partial charge on any atom is 0.264 e. The second kappa shape index (κ2) is 13.2. The number of allylic oxidation sites excluding steroid dienone is 1. The molecule has 234 valence electrons. The predicted molar refractivity (Wildman–Crippen MR) is 172 cm³/mol. The number of ether oxygens (including phenoxy) is 1. The summed E-state index contributed by atoms with van der Waals surface area (Å²) in [6.45, 7) is 7.63. The van der Waals surface area contributed by atoms with Gasteiger partial charge in [-0.3, -0.25) is 4.79 Å². The van der Waals surface area contributed by atoms with Crippen molar-refractivity contribution in [3.63, 3.8) is 0 Å². The number of fused-ring (bicyclic) bond motifs is 3. The molecule has 0 radical (unpaired) electrons. The molecule has 1 aliphatic carbocycles. The Morgan fingerprint density at radius 1 is 1.12 bits per heavy atom. The van der Waals surface area contributed by atoms with Gasteiger partial charge < -0.3 is 14.7 Å². The van der Waals surface area contributed by atoms with Crippen LogP contribution in [0.3, 0.4) is 0 Å². The van der Waals surface area contributed by atoms with Crippen molar-refractivity contribution < 1.29 is 23.1 Å². The largest absolute Gasteiger partial charge is 0.487 e. The van der Waals surface area contributed by atoms with Crippen LogP contribution in [0.5, 0.6) is 5.75 Å². The number of benzene rings is 2. The Morgan fingerprint density at radius 3 is 2.65 bits per heavy atom. The molecule has 2 heterocycles. The smallest absolute Gasteiger partial charge is 0.264 e. The monoisotopic (exact) mass is 628 g/mol. The summed E-state index contributed by atoms with van der Waals surface area (Å²) in [5.74, 6) is 0.487. The lowest BCUT2D eigenvalue weighted by atomic mass is 9.58. The molecule has 1 fully saturated rings. The third-order valence-corrected chi connectivity index (χ3v) is 12.4. The Kier molecular flexibility index (Phi) is 9.79. The summed E-state index contributed by atoms with van der Waals surface area (Å²) >= 11 is 6.33. The van der Waals surface area contributed by atoms with Crippen LogP contribution in [-0.2, 0) is 23.1 Å². The van der Waals surface area contributed by atoms with Crippen molar-refractivity contribution in [3.05, 3.63) is 70.3 Å². The summed E-state index contributed by atoms with van der Waals surface area (Å²) < 4.78 is 35.3. The number of rotatable bonds is 2. The van der Waals surface area contributed by atoms with E-state index in [-0.39, 0.29) is 23.5 Å². The summed E-state index contributed by atoms with van der Waals surface area (Å²) in [5.41, 5.74) is 2.98. The van der Waals surface area contributed by atoms with E-state index in [9.17, 15) is 18.3 Å². The molecule has 5 rings (SSSR count). The Hall–Kier alpha value is -2.55. The minimum atomic E-state index is -3.92. The number of hydrogen-bond donors (Lipinski definition) is 2. The Bertz CT molecular complexity index is 1450. The minimum Gasteiger partial charge on any atom is -0.487 e. The van der Waals surface area contributed by atoms with Gasteiger partial charge in [-0.1, -0.05) is 43.7 Å². The van der Waals surface area contributed by atoms with Crippen LogP contribution in [0.25, 0.3) is 0 Å². The van der Waals surface area contributed by atoms with Crippen LogP contribution in [0.15, 0.2) is 48.6 Å². The number of sulfonamides is 1. The summed E-state index contributed by atoms with van der Waals surface area (Å²) in [7, 11) is -3.92. The lowest BCUT2D eigenvalue weighted by Gasteiger charge is -2.50. The number of halogens is 1. The number of aliphatic hydroxyl groups is 1. The molecule has 0 aromatic heterocycles. The summed E-state index contributed by atoms with van der Waals surface area (Å²) in [6, 6.07) is 11.1. The van der Waals surface area contributed by atoms with Crippen molar-refractivity contribution in [2.24, 2.45) is 23.2 Å². The van der Waals surface area contributed by atoms with E-state index in [0.29, 0.717) is 35.6 Å². The topological polar surface area (TPSA) is 95.9 Å². The van der Waals surface area contributed by atoms with E-state index in [4.69, 9.17) is 16.3 Å². The third-order valence-electron chi connectivity index (χ3n) is 10.3. The van der Waals surface area contributed by atoms with Gasteiger partial charge in [-0.15, -0.1) is 0 Å². The van der Waals surface area contributed by atoms with Crippen molar-refractivity contribution in [2.75, 3.05) is 24.6 Å². The molecule has 0 spiro atoms. The average molecular weight is 629 g/mol. The first-order valence-corrected chi connectivity index (χ1v) is 17.6. The standard InChI is InChI=1S/C34H45ClN2O5S/c1-4-34(22-38)16-7-8-23(2)24(3)43(40,41)36-33(39)26-12-15-32-31(19-26)37(20-27-11-14-30(27)34)17-6-5-9-25-18-29(35)13-10-28(25)21-42-32/h7,10,12-13,15-16,18-19,23-24,27,30,38H,4-6,8-9,11,14,17,20-22H2,1-3H3,(H,36,39)/b16-7+/t23-,24+,27-,30+,34+/m0/s1. The first-order valence-electron chi connectivity index (χ1n) is 15.7. The molecule has 3 aliphatic rings. The first kappa shape index (κ1) is 31.9. The second-order valence-electron chi connectivity index (χ2n) is 12.8. The molecular formula is C34H45ClN2O5S. The van der Waals surface area contributed by atoms with Crippen molar-refractivity contribution in [1.82, 2.24) is 4.72 Å². The number of aliphatic hydroxyl groups excluding tert-OH is 1. The maximum atomic E-state index is 13.4. The van der Waals surface area contributed by atoms with Gasteiger partial charge in [0, 0.05) is 29.1 Å². The zero-order chi connectivity index (χ0) is 30.8. The van der Waals surface area contributed by atoms with Crippen LogP contribution in [0.1, 0.15) is 80.8 Å². The van der Waals surface area contributed by atoms with Crippen molar-refractivity contribution in [3.8, 4) is 5.75 Å². The lowest BCUT2D eigenvalue weighted by molar-refractivity contribution is 0.00818. The Morgan fingerprint density at radius 2 is 1.93 bits per heavy atom. The molecule has 5 atom stereocenters. The van der Waals surface area contributed by atoms with Gasteiger partial charge in [0.1, 0.15) is 12.4 Å². The fourth-order valence-corrected chi connectivity index (χ4v) is 8.47. The van der Waals surface area contributed by atoms with Crippen molar-refractivity contribution >= 4 is 33.2 Å². The van der Waals surface area contributed by atoms with Crippen LogP contribution >= 0.6 is 11.6 Å². The van der Waals surface area contributed by atoms with E-state index >= 15 is 0 Å². The molecule has 2 N–H and O–H groups in total. The highest BCUT2D eigenvalue weighted by atomic mass is 35.5. The average Bonchev–Trinajstić information content (AvgIpc) is 3.00. The molecule has 2 aromatic carbocycles. The van der Waals surface area contributed by atoms with Gasteiger partial charge in [0.05, 0.1) is 17.5 Å². The third kappa shape index (κ3) is 6.76. The molecular weight excluding hydrogens is 584 g/mol. The van der Waals surface area contributed by atoms with Gasteiger partial charge in [0.25, 0.3) is 5.91 Å². The number of aryl methyl sites for hydroxylation is 1. The van der Waals surface area contributed by atoms with E-state index in [1.807, 2.05) is 31.2 Å². The fourth-order valence-electron chi connectivity index (χ4n) is 6.99. The number of hydrogen-bond acceptors (Lipinski definition) is 6. The molecule has 7 nitrogen and oxygen atoms in total. The number of carbonyl (C=O) groups is 1. The molecule has 0 saturated heterocycles. The molecule has 43 heavy (non-hydrogen) atoms. The second-order valence-corrected chi connectivity index (χ2v) is 15.2. The Balaban J connectivity index is 1.58. The van der Waals surface area contributed by atoms with Crippen molar-refractivity contribution in [2.45, 2.75) is 77.6 Å². The highest BCUT2D eigenvalue weighted by molar-refractivity contribution is 7.90. The molecule has 1 amide bonds. The number of nitrogens with zero attached hydrogens (tertiary/aromatic N) is 1. The first-order chi connectivity index (χ1) is 20.6. The Labute approximate surface area is 261 Å². The SMILES string of the molecule is CC[C@]1(CO)/C=C/C[C@H](C)[C@@H](C)S(=O)(=O)NC(=O)c2ccc3c(c2)N(CCCCc2cc(Cl)ccc2CO3)C[C@@H]2CC[C@H]21. The number of nitrogens with one attached hydrogen (secondary N) is 1. The van der Waals surface area contributed by atoms with Crippen LogP contribution in [0.4, 0.5) is 5.69 Å². The zero-order valence-corrected chi connectivity index (χ0v) is 27.1. The normalized spacial score (nSPS) is 30.3. The molecule has 0 unspecified atom stereocenters. The van der Waals surface area contributed by atoms with Gasteiger partial charge >= 0.3 is 0 Å². The number of carbonyl (C=O) groups excluding carboxylic acids is 1. The molecule has 9 heteroatoms.